The number of halogens is 3. The van der Waals surface area contributed by atoms with Crippen molar-refractivity contribution in [3.8, 4) is 0 Å². The Kier molecular flexibility index (Phi) is 3.20. The maximum absolute atomic E-state index is 4.55. The van der Waals surface area contributed by atoms with E-state index in [0.29, 0.717) is 0 Å². The first-order valence-electron chi connectivity index (χ1n) is 4.42. The number of aryl methyl sites for hydroxylation is 2. The van der Waals surface area contributed by atoms with Crippen molar-refractivity contribution in [2.75, 3.05) is 0 Å². The highest BCUT2D eigenvalue weighted by Crippen LogP contribution is 2.35. The second-order valence-corrected chi connectivity index (χ2v) is 5.91. The van der Waals surface area contributed by atoms with E-state index in [1.165, 1.54) is 5.56 Å². The van der Waals surface area contributed by atoms with Gasteiger partial charge < -0.3 is 0 Å². The second-order valence-electron chi connectivity index (χ2n) is 3.47. The number of nitrogens with zero attached hydrogens (tertiary/aromatic N) is 1. The molecule has 78 valence electrons. The Hall–Kier alpha value is 0.0700. The lowest BCUT2D eigenvalue weighted by Gasteiger charge is -2.08. The van der Waals surface area contributed by atoms with Crippen LogP contribution in [0.2, 0.25) is 0 Å². The molecule has 0 fully saturated rings. The van der Waals surface area contributed by atoms with Gasteiger partial charge in [0.15, 0.2) is 0 Å². The van der Waals surface area contributed by atoms with Gasteiger partial charge in [-0.15, -0.1) is 0 Å². The predicted octanol–water partition coefficient (Wildman–Crippen LogP) is 5.14. The lowest BCUT2D eigenvalue weighted by Crippen LogP contribution is -1.90. The van der Waals surface area contributed by atoms with Crippen LogP contribution in [0, 0.1) is 13.8 Å². The smallest absolute Gasteiger partial charge is 0.0859 e. The molecule has 0 bridgehead atoms. The largest absolute Gasteiger partial charge is 0.251 e. The van der Waals surface area contributed by atoms with Crippen LogP contribution in [-0.4, -0.2) is 4.98 Å². The van der Waals surface area contributed by atoms with E-state index < -0.39 is 0 Å². The Morgan fingerprint density at radius 2 is 1.67 bits per heavy atom. The molecule has 0 atom stereocenters. The topological polar surface area (TPSA) is 12.9 Å². The van der Waals surface area contributed by atoms with E-state index >= 15 is 0 Å². The first-order valence-corrected chi connectivity index (χ1v) is 6.80. The molecular formula is C11H8Br3N. The molecule has 0 aliphatic carbocycles. The number of rotatable bonds is 0. The minimum Gasteiger partial charge on any atom is -0.251 e. The third-order valence-electron chi connectivity index (χ3n) is 2.23. The van der Waals surface area contributed by atoms with Crippen molar-refractivity contribution in [2.45, 2.75) is 13.8 Å². The third-order valence-corrected chi connectivity index (χ3v) is 5.16. The lowest BCUT2D eigenvalue weighted by atomic mass is 10.1. The summed E-state index contributed by atoms with van der Waals surface area (Å²) >= 11 is 10.7. The maximum atomic E-state index is 4.55. The zero-order chi connectivity index (χ0) is 11.2. The summed E-state index contributed by atoms with van der Waals surface area (Å²) in [6.07, 6.45) is 0. The molecule has 0 aliphatic rings. The van der Waals surface area contributed by atoms with Crippen molar-refractivity contribution >= 4 is 58.7 Å². The van der Waals surface area contributed by atoms with Crippen molar-refractivity contribution in [3.63, 3.8) is 0 Å². The van der Waals surface area contributed by atoms with Gasteiger partial charge in [0, 0.05) is 14.3 Å². The Labute approximate surface area is 114 Å². The van der Waals surface area contributed by atoms with Gasteiger partial charge >= 0.3 is 0 Å². The Bertz CT molecular complexity index is 549. The molecule has 1 aromatic carbocycles. The quantitative estimate of drug-likeness (QED) is 0.604. The van der Waals surface area contributed by atoms with Crippen LogP contribution in [0.4, 0.5) is 0 Å². The monoisotopic (exact) mass is 391 g/mol. The minimum atomic E-state index is 0.985. The summed E-state index contributed by atoms with van der Waals surface area (Å²) in [4.78, 5) is 4.55. The summed E-state index contributed by atoms with van der Waals surface area (Å²) in [5.41, 5.74) is 3.19. The van der Waals surface area contributed by atoms with Crippen LogP contribution >= 0.6 is 47.8 Å². The molecule has 1 heterocycles. The van der Waals surface area contributed by atoms with Crippen LogP contribution in [0.3, 0.4) is 0 Å². The van der Waals surface area contributed by atoms with E-state index in [2.05, 4.69) is 71.8 Å². The summed E-state index contributed by atoms with van der Waals surface area (Å²) in [5, 5.41) is 1.12. The van der Waals surface area contributed by atoms with Crippen LogP contribution in [-0.2, 0) is 0 Å². The van der Waals surface area contributed by atoms with Crippen molar-refractivity contribution in [3.05, 3.63) is 36.8 Å². The summed E-state index contributed by atoms with van der Waals surface area (Å²) in [5.74, 6) is 0. The highest BCUT2D eigenvalue weighted by Gasteiger charge is 2.10. The molecular weight excluding hydrogens is 386 g/mol. The molecule has 0 aliphatic heterocycles. The molecule has 1 aromatic heterocycles. The molecule has 0 saturated carbocycles. The van der Waals surface area contributed by atoms with Gasteiger partial charge in [-0.3, -0.25) is 4.98 Å². The van der Waals surface area contributed by atoms with Gasteiger partial charge in [-0.2, -0.15) is 0 Å². The van der Waals surface area contributed by atoms with Crippen molar-refractivity contribution in [1.82, 2.24) is 4.98 Å². The first-order chi connectivity index (χ1) is 7.00. The fraction of sp³-hybridized carbons (Fsp3) is 0.182. The Balaban J connectivity index is 2.98. The number of hydrogen-bond donors (Lipinski definition) is 0. The standard InChI is InChI=1S/C11H8Br3N/c1-5-3-7-10(14)9(13)6(2)15-11(7)8(12)4-5/h3-4H,1-2H3. The minimum absolute atomic E-state index is 0.985. The van der Waals surface area contributed by atoms with E-state index in [1.807, 2.05) is 6.92 Å². The number of benzene rings is 1. The SMILES string of the molecule is Cc1cc(Br)c2nc(C)c(Br)c(Br)c2c1. The number of hydrogen-bond acceptors (Lipinski definition) is 1. The van der Waals surface area contributed by atoms with Crippen LogP contribution in [0.15, 0.2) is 25.6 Å². The molecule has 0 saturated heterocycles. The van der Waals surface area contributed by atoms with Crippen molar-refractivity contribution in [1.29, 1.82) is 0 Å². The average molecular weight is 394 g/mol. The van der Waals surface area contributed by atoms with E-state index in [1.54, 1.807) is 0 Å². The zero-order valence-corrected chi connectivity index (χ0v) is 13.0. The fourth-order valence-corrected chi connectivity index (χ4v) is 3.06. The van der Waals surface area contributed by atoms with Gasteiger partial charge in [-0.05, 0) is 79.3 Å². The van der Waals surface area contributed by atoms with Gasteiger partial charge in [0.1, 0.15) is 0 Å². The molecule has 2 aromatic rings. The van der Waals surface area contributed by atoms with Gasteiger partial charge in [-0.1, -0.05) is 0 Å². The lowest BCUT2D eigenvalue weighted by molar-refractivity contribution is 1.22. The average Bonchev–Trinajstić information content (AvgIpc) is 2.17. The Morgan fingerprint density at radius 1 is 1.00 bits per heavy atom. The van der Waals surface area contributed by atoms with Crippen LogP contribution in [0.1, 0.15) is 11.3 Å². The van der Waals surface area contributed by atoms with Crippen molar-refractivity contribution in [2.24, 2.45) is 0 Å². The Morgan fingerprint density at radius 3 is 2.33 bits per heavy atom. The molecule has 0 N–H and O–H groups in total. The van der Waals surface area contributed by atoms with E-state index in [9.17, 15) is 0 Å². The van der Waals surface area contributed by atoms with E-state index in [0.717, 1.165) is 30.0 Å². The highest BCUT2D eigenvalue weighted by atomic mass is 79.9. The molecule has 2 rings (SSSR count). The number of fused-ring (bicyclic) bond motifs is 1. The second kappa shape index (κ2) is 4.15. The first kappa shape index (κ1) is 11.6. The maximum Gasteiger partial charge on any atom is 0.0859 e. The summed E-state index contributed by atoms with van der Waals surface area (Å²) in [6.45, 7) is 4.06. The molecule has 0 radical (unpaired) electrons. The number of aromatic nitrogens is 1. The molecule has 0 unspecified atom stereocenters. The molecule has 1 nitrogen and oxygen atoms in total. The fourth-order valence-electron chi connectivity index (χ4n) is 1.51. The van der Waals surface area contributed by atoms with E-state index in [-0.39, 0.29) is 0 Å². The van der Waals surface area contributed by atoms with Crippen LogP contribution < -0.4 is 0 Å². The van der Waals surface area contributed by atoms with Gasteiger partial charge in [0.2, 0.25) is 0 Å². The molecule has 0 spiro atoms. The predicted molar refractivity (Wildman–Crippen MR) is 74.3 cm³/mol. The van der Waals surface area contributed by atoms with Crippen LogP contribution in [0.5, 0.6) is 0 Å². The van der Waals surface area contributed by atoms with Crippen LogP contribution in [0.25, 0.3) is 10.9 Å². The third kappa shape index (κ3) is 1.99. The van der Waals surface area contributed by atoms with Gasteiger partial charge in [0.25, 0.3) is 0 Å². The highest BCUT2D eigenvalue weighted by molar-refractivity contribution is 9.13. The van der Waals surface area contributed by atoms with Gasteiger partial charge in [0.05, 0.1) is 15.7 Å². The zero-order valence-electron chi connectivity index (χ0n) is 8.24. The summed E-state index contributed by atoms with van der Waals surface area (Å²) in [7, 11) is 0. The molecule has 4 heteroatoms. The van der Waals surface area contributed by atoms with Gasteiger partial charge in [-0.25, -0.2) is 0 Å². The molecule has 0 amide bonds. The number of pyridine rings is 1. The summed E-state index contributed by atoms with van der Waals surface area (Å²) in [6, 6.07) is 4.20. The van der Waals surface area contributed by atoms with E-state index in [4.69, 9.17) is 0 Å². The normalized spacial score (nSPS) is 11.0. The molecule has 15 heavy (non-hydrogen) atoms. The van der Waals surface area contributed by atoms with Crippen molar-refractivity contribution < 1.29 is 0 Å². The summed E-state index contributed by atoms with van der Waals surface area (Å²) < 4.78 is 3.12.